The number of primary amides is 1. The summed E-state index contributed by atoms with van der Waals surface area (Å²) in [6.45, 7) is 1.29. The summed E-state index contributed by atoms with van der Waals surface area (Å²) in [5, 5.41) is 12.4. The van der Waals surface area contributed by atoms with Crippen LogP contribution in [0, 0.1) is 11.3 Å². The summed E-state index contributed by atoms with van der Waals surface area (Å²) in [5.41, 5.74) is 5.76. The van der Waals surface area contributed by atoms with Crippen LogP contribution in [0.1, 0.15) is 23.7 Å². The molecule has 0 heterocycles. The lowest BCUT2D eigenvalue weighted by atomic mass is 10.0. The molecule has 7 heteroatoms. The van der Waals surface area contributed by atoms with Gasteiger partial charge >= 0.3 is 0 Å². The molecule has 0 saturated heterocycles. The van der Waals surface area contributed by atoms with E-state index in [1.807, 2.05) is 6.92 Å². The van der Waals surface area contributed by atoms with Crippen LogP contribution in [0.3, 0.4) is 0 Å². The number of nitrogens with two attached hydrogens (primary N) is 1. The van der Waals surface area contributed by atoms with E-state index >= 15 is 0 Å². The summed E-state index contributed by atoms with van der Waals surface area (Å²) in [7, 11) is 0. The Morgan fingerprint density at radius 1 is 1.32 bits per heavy atom. The van der Waals surface area contributed by atoms with Gasteiger partial charge in [0.2, 0.25) is 5.91 Å². The van der Waals surface area contributed by atoms with Crippen molar-refractivity contribution in [1.29, 1.82) is 5.41 Å². The van der Waals surface area contributed by atoms with Gasteiger partial charge in [-0.1, -0.05) is 25.1 Å². The Bertz CT molecular complexity index is 522. The van der Waals surface area contributed by atoms with E-state index < -0.39 is 18.6 Å². The summed E-state index contributed by atoms with van der Waals surface area (Å²) in [4.78, 5) is 23.5. The average Bonchev–Trinajstić information content (AvgIpc) is 2.52. The van der Waals surface area contributed by atoms with Crippen molar-refractivity contribution in [3.8, 4) is 0 Å². The molecule has 0 saturated carbocycles. The van der Waals surface area contributed by atoms with Gasteiger partial charge in [0, 0.05) is 12.1 Å². The number of benzene rings is 1. The van der Waals surface area contributed by atoms with Crippen molar-refractivity contribution in [1.82, 2.24) is 10.6 Å². The molecule has 22 heavy (non-hydrogen) atoms. The van der Waals surface area contributed by atoms with Crippen LogP contribution in [0.15, 0.2) is 30.3 Å². The Labute approximate surface area is 128 Å². The van der Waals surface area contributed by atoms with Crippen LogP contribution >= 0.6 is 0 Å². The molecule has 0 fully saturated rings. The number of rotatable bonds is 8. The number of hydrogen-bond donors (Lipinski definition) is 4. The third-order valence-electron chi connectivity index (χ3n) is 3.12. The van der Waals surface area contributed by atoms with Gasteiger partial charge in [-0.25, -0.2) is 4.39 Å². The minimum atomic E-state index is -0.864. The highest BCUT2D eigenvalue weighted by molar-refractivity contribution is 5.97. The maximum absolute atomic E-state index is 12.2. The third kappa shape index (κ3) is 5.90. The number of carbonyl (C=O) groups is 2. The normalized spacial score (nSPS) is 13.0. The molecule has 0 bridgehead atoms. The molecular formula is C15H21FN4O2. The predicted molar refractivity (Wildman–Crippen MR) is 82.4 cm³/mol. The SMILES string of the molecule is CC(CNC(=N)CF)CC(NC(=O)c1ccccc1)C(N)=O. The zero-order valence-electron chi connectivity index (χ0n) is 12.4. The fourth-order valence-electron chi connectivity index (χ4n) is 1.91. The zero-order chi connectivity index (χ0) is 16.5. The van der Waals surface area contributed by atoms with Gasteiger partial charge in [0.25, 0.3) is 5.91 Å². The van der Waals surface area contributed by atoms with Crippen LogP contribution in [0.4, 0.5) is 4.39 Å². The topological polar surface area (TPSA) is 108 Å². The predicted octanol–water partition coefficient (Wildman–Crippen LogP) is 0.833. The quantitative estimate of drug-likeness (QED) is 0.422. The van der Waals surface area contributed by atoms with Crippen LogP contribution in [0.2, 0.25) is 0 Å². The van der Waals surface area contributed by atoms with Gasteiger partial charge in [-0.3, -0.25) is 15.0 Å². The van der Waals surface area contributed by atoms with E-state index in [2.05, 4.69) is 10.6 Å². The van der Waals surface area contributed by atoms with E-state index in [0.717, 1.165) is 0 Å². The molecule has 0 aliphatic heterocycles. The number of amides is 2. The van der Waals surface area contributed by atoms with Crippen molar-refractivity contribution >= 4 is 17.6 Å². The van der Waals surface area contributed by atoms with Crippen LogP contribution < -0.4 is 16.4 Å². The minimum Gasteiger partial charge on any atom is -0.372 e. The Hall–Kier alpha value is -2.44. The molecular weight excluding hydrogens is 287 g/mol. The highest BCUT2D eigenvalue weighted by Gasteiger charge is 2.21. The van der Waals surface area contributed by atoms with Crippen molar-refractivity contribution < 1.29 is 14.0 Å². The Kier molecular flexibility index (Phi) is 7.01. The molecule has 120 valence electrons. The first-order chi connectivity index (χ1) is 10.4. The fraction of sp³-hybridized carbons (Fsp3) is 0.400. The highest BCUT2D eigenvalue weighted by atomic mass is 19.1. The Balaban J connectivity index is 2.57. The summed E-state index contributed by atoms with van der Waals surface area (Å²) in [6.07, 6.45) is 0.306. The molecule has 2 amide bonds. The molecule has 0 spiro atoms. The van der Waals surface area contributed by atoms with Gasteiger partial charge in [-0.15, -0.1) is 0 Å². The Morgan fingerprint density at radius 3 is 2.50 bits per heavy atom. The van der Waals surface area contributed by atoms with Crippen LogP contribution in [-0.4, -0.2) is 36.9 Å². The smallest absolute Gasteiger partial charge is 0.251 e. The van der Waals surface area contributed by atoms with E-state index in [-0.39, 0.29) is 17.7 Å². The molecule has 2 unspecified atom stereocenters. The van der Waals surface area contributed by atoms with E-state index in [0.29, 0.717) is 18.5 Å². The molecule has 1 aromatic rings. The van der Waals surface area contributed by atoms with E-state index in [1.165, 1.54) is 0 Å². The molecule has 1 rings (SSSR count). The molecule has 0 radical (unpaired) electrons. The second-order valence-corrected chi connectivity index (χ2v) is 5.13. The van der Waals surface area contributed by atoms with Crippen LogP contribution in [-0.2, 0) is 4.79 Å². The van der Waals surface area contributed by atoms with Gasteiger partial charge in [0.05, 0.1) is 0 Å². The third-order valence-corrected chi connectivity index (χ3v) is 3.12. The standard InChI is InChI=1S/C15H21FN4O2/c1-10(9-19-13(17)8-16)7-12(14(18)21)20-15(22)11-5-3-2-4-6-11/h2-6,10,12H,7-9H2,1H3,(H2,17,19)(H2,18,21)(H,20,22). The molecule has 2 atom stereocenters. The second-order valence-electron chi connectivity index (χ2n) is 5.13. The van der Waals surface area contributed by atoms with Crippen molar-refractivity contribution in [2.24, 2.45) is 11.7 Å². The minimum absolute atomic E-state index is 0.0690. The maximum atomic E-state index is 12.2. The van der Waals surface area contributed by atoms with Gasteiger partial charge in [-0.05, 0) is 24.5 Å². The molecule has 1 aromatic carbocycles. The number of hydrogen-bond acceptors (Lipinski definition) is 3. The summed E-state index contributed by atoms with van der Waals surface area (Å²) < 4.78 is 12.2. The van der Waals surface area contributed by atoms with Gasteiger partial charge in [0.15, 0.2) is 0 Å². The maximum Gasteiger partial charge on any atom is 0.251 e. The zero-order valence-corrected chi connectivity index (χ0v) is 12.4. The molecule has 0 aliphatic rings. The van der Waals surface area contributed by atoms with Crippen molar-refractivity contribution in [3.05, 3.63) is 35.9 Å². The monoisotopic (exact) mass is 308 g/mol. The number of nitrogens with one attached hydrogen (secondary N) is 3. The first-order valence-electron chi connectivity index (χ1n) is 6.96. The van der Waals surface area contributed by atoms with Crippen molar-refractivity contribution in [2.75, 3.05) is 13.2 Å². The highest BCUT2D eigenvalue weighted by Crippen LogP contribution is 2.07. The summed E-state index contributed by atoms with van der Waals surface area (Å²) in [5.74, 6) is -1.28. The van der Waals surface area contributed by atoms with Crippen LogP contribution in [0.5, 0.6) is 0 Å². The van der Waals surface area contributed by atoms with Crippen molar-refractivity contribution in [3.63, 3.8) is 0 Å². The summed E-state index contributed by atoms with van der Waals surface area (Å²) >= 11 is 0. The van der Waals surface area contributed by atoms with E-state index in [4.69, 9.17) is 11.1 Å². The van der Waals surface area contributed by atoms with Crippen LogP contribution in [0.25, 0.3) is 0 Å². The lowest BCUT2D eigenvalue weighted by molar-refractivity contribution is -0.120. The Morgan fingerprint density at radius 2 is 1.95 bits per heavy atom. The first-order valence-corrected chi connectivity index (χ1v) is 6.96. The largest absolute Gasteiger partial charge is 0.372 e. The molecule has 0 aliphatic carbocycles. The average molecular weight is 308 g/mol. The van der Waals surface area contributed by atoms with Gasteiger partial charge in [0.1, 0.15) is 18.6 Å². The van der Waals surface area contributed by atoms with Crippen molar-refractivity contribution in [2.45, 2.75) is 19.4 Å². The van der Waals surface area contributed by atoms with Gasteiger partial charge < -0.3 is 16.4 Å². The number of carbonyl (C=O) groups excluding carboxylic acids is 2. The van der Waals surface area contributed by atoms with E-state index in [9.17, 15) is 14.0 Å². The molecule has 6 nitrogen and oxygen atoms in total. The fourth-order valence-corrected chi connectivity index (χ4v) is 1.91. The summed E-state index contributed by atoms with van der Waals surface area (Å²) in [6, 6.07) is 7.70. The molecule has 0 aromatic heterocycles. The molecule has 5 N–H and O–H groups in total. The first kappa shape index (κ1) is 17.6. The van der Waals surface area contributed by atoms with Gasteiger partial charge in [-0.2, -0.15) is 0 Å². The second kappa shape index (κ2) is 8.76. The lowest BCUT2D eigenvalue weighted by Crippen LogP contribution is -2.46. The number of amidine groups is 1. The number of halogens is 1. The lowest BCUT2D eigenvalue weighted by Gasteiger charge is -2.20. The van der Waals surface area contributed by atoms with E-state index in [1.54, 1.807) is 30.3 Å². The number of alkyl halides is 1.